The molecule has 0 aromatic heterocycles. The summed E-state index contributed by atoms with van der Waals surface area (Å²) in [7, 11) is 1.61. The molecule has 0 heterocycles. The quantitative estimate of drug-likeness (QED) is 0.820. The molecule has 0 saturated heterocycles. The Balaban J connectivity index is 3.46. The van der Waals surface area contributed by atoms with Gasteiger partial charge in [-0.2, -0.15) is 0 Å². The van der Waals surface area contributed by atoms with Crippen molar-refractivity contribution < 1.29 is 4.74 Å². The average molecular weight is 214 g/mol. The predicted octanol–water partition coefficient (Wildman–Crippen LogP) is 2.85. The number of hydrogen-bond donors (Lipinski definition) is 1. The van der Waals surface area contributed by atoms with Crippen molar-refractivity contribution in [2.75, 3.05) is 7.11 Å². The van der Waals surface area contributed by atoms with Crippen molar-refractivity contribution in [2.45, 2.75) is 26.3 Å². The molecular weight excluding hydrogens is 198 g/mol. The monoisotopic (exact) mass is 213 g/mol. The van der Waals surface area contributed by atoms with Crippen molar-refractivity contribution in [1.29, 1.82) is 0 Å². The number of nitrogens with two attached hydrogens (primary N) is 1. The summed E-state index contributed by atoms with van der Waals surface area (Å²) in [5.74, 6) is 0.680. The third kappa shape index (κ3) is 2.02. The highest BCUT2D eigenvalue weighted by Crippen LogP contribution is 2.36. The van der Waals surface area contributed by atoms with Gasteiger partial charge in [-0.3, -0.25) is 0 Å². The minimum atomic E-state index is -0.444. The summed E-state index contributed by atoms with van der Waals surface area (Å²) >= 11 is 6.03. The molecule has 0 aliphatic carbocycles. The molecule has 14 heavy (non-hydrogen) atoms. The van der Waals surface area contributed by atoms with Crippen LogP contribution >= 0.6 is 11.6 Å². The third-order valence-corrected chi connectivity index (χ3v) is 2.46. The van der Waals surface area contributed by atoms with Crippen molar-refractivity contribution in [1.82, 2.24) is 0 Å². The number of halogens is 1. The SMILES string of the molecule is COc1c(Cl)ccc(C)c1C(C)(C)N. The fourth-order valence-electron chi connectivity index (χ4n) is 1.66. The van der Waals surface area contributed by atoms with Crippen molar-refractivity contribution in [3.8, 4) is 5.75 Å². The lowest BCUT2D eigenvalue weighted by molar-refractivity contribution is 0.394. The fraction of sp³-hybridized carbons (Fsp3) is 0.455. The Kier molecular flexibility index (Phi) is 3.07. The number of hydrogen-bond acceptors (Lipinski definition) is 2. The third-order valence-electron chi connectivity index (χ3n) is 2.17. The molecule has 0 amide bonds. The molecule has 0 spiro atoms. The van der Waals surface area contributed by atoms with E-state index in [-0.39, 0.29) is 0 Å². The molecule has 1 rings (SSSR count). The van der Waals surface area contributed by atoms with E-state index in [1.54, 1.807) is 7.11 Å². The molecule has 78 valence electrons. The normalized spacial score (nSPS) is 11.6. The smallest absolute Gasteiger partial charge is 0.142 e. The van der Waals surface area contributed by atoms with E-state index in [1.807, 2.05) is 32.9 Å². The zero-order valence-electron chi connectivity index (χ0n) is 9.02. The molecule has 0 atom stereocenters. The van der Waals surface area contributed by atoms with Gasteiger partial charge in [0.05, 0.1) is 12.1 Å². The van der Waals surface area contributed by atoms with Gasteiger partial charge in [-0.25, -0.2) is 0 Å². The standard InChI is InChI=1S/C11H16ClNO/c1-7-5-6-8(12)10(14-4)9(7)11(2,3)13/h5-6H,13H2,1-4H3. The minimum Gasteiger partial charge on any atom is -0.495 e. The molecule has 0 fully saturated rings. The summed E-state index contributed by atoms with van der Waals surface area (Å²) in [6.45, 7) is 5.88. The van der Waals surface area contributed by atoms with E-state index in [0.29, 0.717) is 10.8 Å². The van der Waals surface area contributed by atoms with Gasteiger partial charge in [0.25, 0.3) is 0 Å². The summed E-state index contributed by atoms with van der Waals surface area (Å²) in [6, 6.07) is 3.78. The lowest BCUT2D eigenvalue weighted by Gasteiger charge is -2.24. The van der Waals surface area contributed by atoms with Gasteiger partial charge in [0.2, 0.25) is 0 Å². The number of ether oxygens (including phenoxy) is 1. The Labute approximate surface area is 90.0 Å². The highest BCUT2D eigenvalue weighted by atomic mass is 35.5. The first-order chi connectivity index (χ1) is 6.38. The van der Waals surface area contributed by atoms with Gasteiger partial charge in [0.1, 0.15) is 5.75 Å². The summed E-state index contributed by atoms with van der Waals surface area (Å²) in [5, 5.41) is 0.603. The van der Waals surface area contributed by atoms with Gasteiger partial charge in [-0.05, 0) is 32.4 Å². The predicted molar refractivity (Wildman–Crippen MR) is 60.0 cm³/mol. The van der Waals surface area contributed by atoms with Crippen molar-refractivity contribution in [2.24, 2.45) is 5.73 Å². The second kappa shape index (κ2) is 3.79. The van der Waals surface area contributed by atoms with Crippen LogP contribution in [-0.2, 0) is 5.54 Å². The molecule has 3 heteroatoms. The second-order valence-electron chi connectivity index (χ2n) is 3.99. The van der Waals surface area contributed by atoms with Crippen LogP contribution < -0.4 is 10.5 Å². The highest BCUT2D eigenvalue weighted by molar-refractivity contribution is 6.32. The van der Waals surface area contributed by atoms with E-state index < -0.39 is 5.54 Å². The minimum absolute atomic E-state index is 0.444. The first kappa shape index (κ1) is 11.3. The first-order valence-corrected chi connectivity index (χ1v) is 4.88. The summed E-state index contributed by atoms with van der Waals surface area (Å²) < 4.78 is 5.27. The molecule has 2 N–H and O–H groups in total. The maximum Gasteiger partial charge on any atom is 0.142 e. The number of aryl methyl sites for hydroxylation is 1. The van der Waals surface area contributed by atoms with Crippen LogP contribution in [0.4, 0.5) is 0 Å². The van der Waals surface area contributed by atoms with Gasteiger partial charge in [0.15, 0.2) is 0 Å². The lowest BCUT2D eigenvalue weighted by Crippen LogP contribution is -2.30. The van der Waals surface area contributed by atoms with Crippen LogP contribution in [0.3, 0.4) is 0 Å². The van der Waals surface area contributed by atoms with Crippen molar-refractivity contribution >= 4 is 11.6 Å². The Morgan fingerprint density at radius 1 is 1.36 bits per heavy atom. The zero-order valence-corrected chi connectivity index (χ0v) is 9.77. The van der Waals surface area contributed by atoms with Crippen LogP contribution in [0.1, 0.15) is 25.0 Å². The number of rotatable bonds is 2. The molecule has 0 aliphatic rings. The van der Waals surface area contributed by atoms with Crippen LogP contribution in [0.2, 0.25) is 5.02 Å². The van der Waals surface area contributed by atoms with Gasteiger partial charge < -0.3 is 10.5 Å². The second-order valence-corrected chi connectivity index (χ2v) is 4.40. The maximum atomic E-state index is 6.06. The summed E-state index contributed by atoms with van der Waals surface area (Å²) in [4.78, 5) is 0. The van der Waals surface area contributed by atoms with Gasteiger partial charge in [-0.15, -0.1) is 0 Å². The van der Waals surface area contributed by atoms with Crippen LogP contribution in [0, 0.1) is 6.92 Å². The van der Waals surface area contributed by atoms with E-state index in [2.05, 4.69) is 0 Å². The van der Waals surface area contributed by atoms with E-state index in [4.69, 9.17) is 22.1 Å². The van der Waals surface area contributed by atoms with Gasteiger partial charge in [-0.1, -0.05) is 17.7 Å². The van der Waals surface area contributed by atoms with Crippen LogP contribution in [0.25, 0.3) is 0 Å². The van der Waals surface area contributed by atoms with Crippen molar-refractivity contribution in [3.05, 3.63) is 28.3 Å². The van der Waals surface area contributed by atoms with Crippen LogP contribution in [-0.4, -0.2) is 7.11 Å². The number of methoxy groups -OCH3 is 1. The number of benzene rings is 1. The summed E-state index contributed by atoms with van der Waals surface area (Å²) in [5.41, 5.74) is 7.68. The van der Waals surface area contributed by atoms with Crippen molar-refractivity contribution in [3.63, 3.8) is 0 Å². The molecule has 0 radical (unpaired) electrons. The van der Waals surface area contributed by atoms with Crippen LogP contribution in [0.5, 0.6) is 5.75 Å². The molecule has 2 nitrogen and oxygen atoms in total. The van der Waals surface area contributed by atoms with Crippen LogP contribution in [0.15, 0.2) is 12.1 Å². The first-order valence-electron chi connectivity index (χ1n) is 4.50. The van der Waals surface area contributed by atoms with E-state index in [1.165, 1.54) is 0 Å². The molecule has 0 saturated carbocycles. The molecule has 1 aromatic carbocycles. The Bertz CT molecular complexity index is 342. The Morgan fingerprint density at radius 2 is 1.93 bits per heavy atom. The van der Waals surface area contributed by atoms with E-state index in [9.17, 15) is 0 Å². The lowest BCUT2D eigenvalue weighted by atomic mass is 9.90. The molecular formula is C11H16ClNO. The molecule has 0 unspecified atom stereocenters. The molecule has 0 bridgehead atoms. The molecule has 0 aliphatic heterocycles. The van der Waals surface area contributed by atoms with Gasteiger partial charge in [0, 0.05) is 11.1 Å². The zero-order chi connectivity index (χ0) is 10.9. The van der Waals surface area contributed by atoms with E-state index >= 15 is 0 Å². The largest absolute Gasteiger partial charge is 0.495 e. The maximum absolute atomic E-state index is 6.06. The van der Waals surface area contributed by atoms with E-state index in [0.717, 1.165) is 11.1 Å². The van der Waals surface area contributed by atoms with Gasteiger partial charge >= 0.3 is 0 Å². The average Bonchev–Trinajstić information content (AvgIpc) is 2.06. The highest BCUT2D eigenvalue weighted by Gasteiger charge is 2.23. The summed E-state index contributed by atoms with van der Waals surface area (Å²) in [6.07, 6.45) is 0. The molecule has 1 aromatic rings. The Morgan fingerprint density at radius 3 is 2.29 bits per heavy atom. The Hall–Kier alpha value is -0.730. The topological polar surface area (TPSA) is 35.2 Å². The fourth-order valence-corrected chi connectivity index (χ4v) is 1.89.